The molecule has 0 bridgehead atoms. The molecule has 1 heterocycles. The topological polar surface area (TPSA) is 49.4 Å². The largest absolute Gasteiger partial charge is 0.316 e. The minimum atomic E-state index is -3.04. The van der Waals surface area contributed by atoms with E-state index in [2.05, 4.69) is 22.1 Å². The third-order valence-electron chi connectivity index (χ3n) is 2.75. The number of nitrogens with zero attached hydrogens (tertiary/aromatic N) is 1. The number of thiophene rings is 1. The molecule has 0 aliphatic rings. The normalized spacial score (nSPS) is 12.2. The van der Waals surface area contributed by atoms with Crippen LogP contribution >= 0.6 is 11.3 Å². The van der Waals surface area contributed by atoms with Gasteiger partial charge in [-0.15, -0.1) is 0 Å². The van der Waals surface area contributed by atoms with Gasteiger partial charge in [-0.1, -0.05) is 6.92 Å². The molecule has 0 aromatic carbocycles. The van der Waals surface area contributed by atoms with Crippen LogP contribution in [0.4, 0.5) is 0 Å². The van der Waals surface area contributed by atoms with E-state index in [-0.39, 0.29) is 0 Å². The highest BCUT2D eigenvalue weighted by Crippen LogP contribution is 2.05. The molecule has 0 aliphatic carbocycles. The highest BCUT2D eigenvalue weighted by atomic mass is 32.2. The summed E-state index contributed by atoms with van der Waals surface area (Å²) in [7, 11) is -3.04. The van der Waals surface area contributed by atoms with E-state index in [4.69, 9.17) is 0 Å². The zero-order valence-electron chi connectivity index (χ0n) is 11.1. The fraction of sp³-hybridized carbons (Fsp3) is 0.667. The van der Waals surface area contributed by atoms with Crippen LogP contribution in [0.15, 0.2) is 16.8 Å². The van der Waals surface area contributed by atoms with Crippen molar-refractivity contribution in [3.05, 3.63) is 22.4 Å². The maximum Gasteiger partial charge on any atom is 0.211 e. The molecule has 0 aliphatic heterocycles. The van der Waals surface area contributed by atoms with Gasteiger partial charge in [-0.05, 0) is 48.3 Å². The van der Waals surface area contributed by atoms with Crippen LogP contribution in [0, 0.1) is 0 Å². The van der Waals surface area contributed by atoms with Crippen LogP contribution < -0.4 is 5.32 Å². The molecule has 0 saturated heterocycles. The van der Waals surface area contributed by atoms with Crippen molar-refractivity contribution in [3.63, 3.8) is 0 Å². The summed E-state index contributed by atoms with van der Waals surface area (Å²) in [5, 5.41) is 7.58. The summed E-state index contributed by atoms with van der Waals surface area (Å²) in [6, 6.07) is 2.13. The Hall–Kier alpha value is -0.430. The third kappa shape index (κ3) is 5.95. The van der Waals surface area contributed by atoms with E-state index >= 15 is 0 Å². The first-order valence-corrected chi connectivity index (χ1v) is 9.00. The Morgan fingerprint density at radius 3 is 2.72 bits per heavy atom. The Balaban J connectivity index is 2.08. The summed E-state index contributed by atoms with van der Waals surface area (Å²) in [5.41, 5.74) is 1.36. The molecule has 1 N–H and O–H groups in total. The van der Waals surface area contributed by atoms with E-state index < -0.39 is 10.0 Å². The Bertz CT molecular complexity index is 415. The van der Waals surface area contributed by atoms with Gasteiger partial charge in [0.2, 0.25) is 10.0 Å². The van der Waals surface area contributed by atoms with Crippen molar-refractivity contribution in [3.8, 4) is 0 Å². The van der Waals surface area contributed by atoms with Crippen molar-refractivity contribution in [2.75, 3.05) is 32.4 Å². The summed E-state index contributed by atoms with van der Waals surface area (Å²) in [6.07, 6.45) is 3.15. The van der Waals surface area contributed by atoms with Gasteiger partial charge < -0.3 is 5.32 Å². The van der Waals surface area contributed by atoms with Gasteiger partial charge in [0.25, 0.3) is 0 Å². The van der Waals surface area contributed by atoms with Gasteiger partial charge in [0, 0.05) is 13.1 Å². The van der Waals surface area contributed by atoms with Crippen molar-refractivity contribution >= 4 is 21.4 Å². The fourth-order valence-electron chi connectivity index (χ4n) is 1.73. The smallest absolute Gasteiger partial charge is 0.211 e. The predicted molar refractivity (Wildman–Crippen MR) is 77.6 cm³/mol. The van der Waals surface area contributed by atoms with Gasteiger partial charge in [-0.2, -0.15) is 11.3 Å². The molecular weight excluding hydrogens is 268 g/mol. The molecule has 0 fully saturated rings. The van der Waals surface area contributed by atoms with E-state index in [1.165, 1.54) is 16.1 Å². The number of hydrogen-bond donors (Lipinski definition) is 1. The van der Waals surface area contributed by atoms with Crippen molar-refractivity contribution in [1.29, 1.82) is 0 Å². The minimum absolute atomic E-state index is 0.549. The predicted octanol–water partition coefficient (Wildman–Crippen LogP) is 1.55. The monoisotopic (exact) mass is 290 g/mol. The van der Waals surface area contributed by atoms with E-state index in [1.807, 2.05) is 6.92 Å². The maximum atomic E-state index is 11.3. The number of nitrogens with one attached hydrogen (secondary N) is 1. The third-order valence-corrected chi connectivity index (χ3v) is 4.86. The van der Waals surface area contributed by atoms with E-state index in [0.29, 0.717) is 13.1 Å². The van der Waals surface area contributed by atoms with E-state index in [1.54, 1.807) is 11.3 Å². The van der Waals surface area contributed by atoms with Crippen LogP contribution in [-0.4, -0.2) is 45.2 Å². The van der Waals surface area contributed by atoms with Crippen LogP contribution in [0.1, 0.15) is 18.9 Å². The minimum Gasteiger partial charge on any atom is -0.316 e. The molecule has 0 unspecified atom stereocenters. The SMILES string of the molecule is CCN(CCCNCCc1ccsc1)S(C)(=O)=O. The lowest BCUT2D eigenvalue weighted by Crippen LogP contribution is -2.32. The Labute approximate surface area is 114 Å². The highest BCUT2D eigenvalue weighted by molar-refractivity contribution is 7.88. The standard InChI is InChI=1S/C12H22N2O2S2/c1-3-14(18(2,15)16)9-4-7-13-8-5-12-6-10-17-11-12/h6,10-11,13H,3-5,7-9H2,1-2H3. The zero-order valence-corrected chi connectivity index (χ0v) is 12.7. The van der Waals surface area contributed by atoms with E-state index in [0.717, 1.165) is 25.9 Å². The Morgan fingerprint density at radius 2 is 2.17 bits per heavy atom. The molecule has 104 valence electrons. The van der Waals surface area contributed by atoms with Gasteiger partial charge in [-0.25, -0.2) is 12.7 Å². The summed E-state index contributed by atoms with van der Waals surface area (Å²) in [4.78, 5) is 0. The van der Waals surface area contributed by atoms with Gasteiger partial charge in [0.15, 0.2) is 0 Å². The van der Waals surface area contributed by atoms with Crippen molar-refractivity contribution in [1.82, 2.24) is 9.62 Å². The lowest BCUT2D eigenvalue weighted by molar-refractivity contribution is 0.419. The molecule has 0 amide bonds. The highest BCUT2D eigenvalue weighted by Gasteiger charge is 2.12. The molecule has 0 spiro atoms. The first-order chi connectivity index (χ1) is 8.54. The van der Waals surface area contributed by atoms with Gasteiger partial charge in [-0.3, -0.25) is 0 Å². The Morgan fingerprint density at radius 1 is 1.39 bits per heavy atom. The van der Waals surface area contributed by atoms with Gasteiger partial charge in [0.1, 0.15) is 0 Å². The summed E-state index contributed by atoms with van der Waals surface area (Å²) in [5.74, 6) is 0. The van der Waals surface area contributed by atoms with Crippen LogP contribution in [0.2, 0.25) is 0 Å². The Kier molecular flexibility index (Phi) is 6.85. The van der Waals surface area contributed by atoms with E-state index in [9.17, 15) is 8.42 Å². The van der Waals surface area contributed by atoms with Crippen molar-refractivity contribution < 1.29 is 8.42 Å². The first-order valence-electron chi connectivity index (χ1n) is 6.21. The molecule has 6 heteroatoms. The molecule has 1 aromatic heterocycles. The van der Waals surface area contributed by atoms with Gasteiger partial charge >= 0.3 is 0 Å². The second kappa shape index (κ2) is 7.89. The molecule has 18 heavy (non-hydrogen) atoms. The average Bonchev–Trinajstić information content (AvgIpc) is 2.79. The van der Waals surface area contributed by atoms with Crippen LogP contribution in [0.5, 0.6) is 0 Å². The molecule has 0 saturated carbocycles. The lowest BCUT2D eigenvalue weighted by Gasteiger charge is -2.17. The number of rotatable bonds is 9. The summed E-state index contributed by atoms with van der Waals surface area (Å²) < 4.78 is 24.2. The van der Waals surface area contributed by atoms with Crippen LogP contribution in [-0.2, 0) is 16.4 Å². The number of sulfonamides is 1. The van der Waals surface area contributed by atoms with Crippen LogP contribution in [0.25, 0.3) is 0 Å². The second-order valence-corrected chi connectivity index (χ2v) is 7.00. The molecule has 0 atom stereocenters. The van der Waals surface area contributed by atoms with Crippen molar-refractivity contribution in [2.45, 2.75) is 19.8 Å². The first kappa shape index (κ1) is 15.6. The average molecular weight is 290 g/mol. The second-order valence-electron chi connectivity index (χ2n) is 4.24. The molecule has 1 aromatic rings. The summed E-state index contributed by atoms with van der Waals surface area (Å²) >= 11 is 1.72. The quantitative estimate of drug-likeness (QED) is 0.702. The molecular formula is C12H22N2O2S2. The zero-order chi connectivity index (χ0) is 13.4. The van der Waals surface area contributed by atoms with Gasteiger partial charge in [0.05, 0.1) is 6.26 Å². The number of hydrogen-bond acceptors (Lipinski definition) is 4. The maximum absolute atomic E-state index is 11.3. The van der Waals surface area contributed by atoms with Crippen molar-refractivity contribution in [2.24, 2.45) is 0 Å². The molecule has 4 nitrogen and oxygen atoms in total. The fourth-order valence-corrected chi connectivity index (χ4v) is 3.36. The summed E-state index contributed by atoms with van der Waals surface area (Å²) in [6.45, 7) is 4.82. The van der Waals surface area contributed by atoms with Crippen LogP contribution in [0.3, 0.4) is 0 Å². The molecule has 0 radical (unpaired) electrons. The molecule has 1 rings (SSSR count). The lowest BCUT2D eigenvalue weighted by atomic mass is 10.2.